The molecule has 2 unspecified atom stereocenters. The smallest absolute Gasteiger partial charge is 0.303 e. The van der Waals surface area contributed by atoms with Gasteiger partial charge in [0, 0.05) is 32.6 Å². The van der Waals surface area contributed by atoms with Crippen molar-refractivity contribution >= 4 is 34.8 Å². The summed E-state index contributed by atoms with van der Waals surface area (Å²) in [7, 11) is 0. The topological polar surface area (TPSA) is 154 Å². The van der Waals surface area contributed by atoms with E-state index in [0.29, 0.717) is 11.8 Å². The zero-order valence-corrected chi connectivity index (χ0v) is 15.4. The molecule has 1 fully saturated rings. The number of hydrogen-bond donors (Lipinski definition) is 0. The Morgan fingerprint density at radius 3 is 2.08 bits per heavy atom. The lowest BCUT2D eigenvalue weighted by Crippen LogP contribution is -2.59. The van der Waals surface area contributed by atoms with Gasteiger partial charge in [-0.1, -0.05) is 16.9 Å². The summed E-state index contributed by atoms with van der Waals surface area (Å²) in [5, 5.41) is 3.22. The number of carbonyl (C=O) groups is 4. The molecule has 5 atom stereocenters. The van der Waals surface area contributed by atoms with Crippen molar-refractivity contribution in [3.63, 3.8) is 0 Å². The Bertz CT molecular complexity index is 621. The highest BCUT2D eigenvalue weighted by molar-refractivity contribution is 8.14. The van der Waals surface area contributed by atoms with E-state index < -0.39 is 47.7 Å². The van der Waals surface area contributed by atoms with Crippen LogP contribution >= 0.6 is 11.8 Å². The van der Waals surface area contributed by atoms with E-state index in [-0.39, 0.29) is 11.7 Å². The van der Waals surface area contributed by atoms with Crippen molar-refractivity contribution in [2.24, 2.45) is 5.11 Å². The van der Waals surface area contributed by atoms with Crippen LogP contribution in [0.15, 0.2) is 5.11 Å². The third-order valence-corrected chi connectivity index (χ3v) is 4.08. The molecule has 0 N–H and O–H groups in total. The molecule has 0 saturated carbocycles. The summed E-state index contributed by atoms with van der Waals surface area (Å²) in [6.45, 7) is 4.41. The lowest BCUT2D eigenvalue weighted by atomic mass is 9.97. The van der Waals surface area contributed by atoms with E-state index in [9.17, 15) is 19.2 Å². The van der Waals surface area contributed by atoms with Crippen LogP contribution in [0.4, 0.5) is 0 Å². The van der Waals surface area contributed by atoms with Gasteiger partial charge in [0.15, 0.2) is 5.12 Å². The first kappa shape index (κ1) is 21.7. The van der Waals surface area contributed by atoms with Crippen molar-refractivity contribution in [1.29, 1.82) is 0 Å². The van der Waals surface area contributed by atoms with Gasteiger partial charge in [-0.3, -0.25) is 19.2 Å². The van der Waals surface area contributed by atoms with Gasteiger partial charge in [-0.2, -0.15) is 0 Å². The number of carbonyl (C=O) groups excluding carboxylic acids is 4. The minimum Gasteiger partial charge on any atom is -0.463 e. The Hall–Kier alpha value is -2.30. The lowest BCUT2D eigenvalue weighted by molar-refractivity contribution is -0.201. The monoisotopic (exact) mass is 389 g/mol. The highest BCUT2D eigenvalue weighted by Crippen LogP contribution is 2.34. The average Bonchev–Trinajstić information content (AvgIpc) is 2.50. The van der Waals surface area contributed by atoms with Gasteiger partial charge in [0.2, 0.25) is 0 Å². The van der Waals surface area contributed by atoms with Gasteiger partial charge in [0.25, 0.3) is 0 Å². The predicted molar refractivity (Wildman–Crippen MR) is 87.6 cm³/mol. The fraction of sp³-hybridized carbons (Fsp3) is 0.714. The summed E-state index contributed by atoms with van der Waals surface area (Å²) in [6.07, 6.45) is -3.40. The molecule has 0 bridgehead atoms. The molecule has 1 rings (SSSR count). The molecule has 0 aromatic carbocycles. The summed E-state index contributed by atoms with van der Waals surface area (Å²) < 4.78 is 20.9. The molecule has 26 heavy (non-hydrogen) atoms. The van der Waals surface area contributed by atoms with E-state index in [0.717, 1.165) is 13.8 Å². The van der Waals surface area contributed by atoms with E-state index >= 15 is 0 Å². The maximum absolute atomic E-state index is 11.5. The number of rotatable bonds is 6. The Kier molecular flexibility index (Phi) is 8.36. The predicted octanol–water partition coefficient (Wildman–Crippen LogP) is 1.10. The van der Waals surface area contributed by atoms with E-state index in [1.54, 1.807) is 0 Å². The summed E-state index contributed by atoms with van der Waals surface area (Å²) in [5.41, 5.74) is 7.83. The van der Waals surface area contributed by atoms with E-state index in [1.807, 2.05) is 0 Å². The van der Waals surface area contributed by atoms with Gasteiger partial charge < -0.3 is 18.9 Å². The Morgan fingerprint density at radius 1 is 1.04 bits per heavy atom. The molecule has 144 valence electrons. The van der Waals surface area contributed by atoms with E-state index in [1.165, 1.54) is 13.8 Å². The van der Waals surface area contributed by atoms with Crippen LogP contribution < -0.4 is 0 Å². The third kappa shape index (κ3) is 6.54. The van der Waals surface area contributed by atoms with Gasteiger partial charge in [0.05, 0.1) is 0 Å². The minimum atomic E-state index is -1.18. The Labute approximate surface area is 153 Å². The van der Waals surface area contributed by atoms with Crippen molar-refractivity contribution < 1.29 is 38.1 Å². The van der Waals surface area contributed by atoms with Crippen LogP contribution in [0, 0.1) is 0 Å². The molecule has 11 nitrogen and oxygen atoms in total. The van der Waals surface area contributed by atoms with Crippen molar-refractivity contribution in [2.75, 3.05) is 6.61 Å². The highest BCUT2D eigenvalue weighted by atomic mass is 32.2. The standard InChI is InChI=1S/C14H19N3O8S/c1-6(18)22-5-10-12(23-7(2)19)11(16-17-15)13(24-8(3)20)14(25-10)26-9(4)21/h10-14H,5H2,1-4H3/t10?,11-,12-,13?,14+/m0/s1. The zero-order valence-electron chi connectivity index (χ0n) is 14.6. The molecule has 0 amide bonds. The third-order valence-electron chi connectivity index (χ3n) is 3.14. The quantitative estimate of drug-likeness (QED) is 0.213. The average molecular weight is 389 g/mol. The Balaban J connectivity index is 3.27. The fourth-order valence-electron chi connectivity index (χ4n) is 2.33. The molecule has 1 heterocycles. The molecule has 1 aliphatic heterocycles. The largest absolute Gasteiger partial charge is 0.463 e. The number of ether oxygens (including phenoxy) is 4. The minimum absolute atomic E-state index is 0.313. The SMILES string of the molecule is CC(=O)OCC1O[C@H](SC(C)=O)C(OC(C)=O)[C@@H](N=[N+]=[N-])[C@H]1OC(C)=O. The summed E-state index contributed by atoms with van der Waals surface area (Å²) in [4.78, 5) is 48.2. The van der Waals surface area contributed by atoms with Crippen LogP contribution in [-0.4, -0.2) is 59.4 Å². The second-order valence-electron chi connectivity index (χ2n) is 5.30. The number of hydrogen-bond acceptors (Lipinski definition) is 10. The number of thioether (sulfide) groups is 1. The number of nitrogens with zero attached hydrogens (tertiary/aromatic N) is 3. The molecule has 1 aliphatic rings. The van der Waals surface area contributed by atoms with Gasteiger partial charge in [-0.15, -0.1) is 0 Å². The molecular formula is C14H19N3O8S. The maximum Gasteiger partial charge on any atom is 0.303 e. The van der Waals surface area contributed by atoms with Crippen LogP contribution in [0.1, 0.15) is 27.7 Å². The van der Waals surface area contributed by atoms with Crippen LogP contribution in [0.5, 0.6) is 0 Å². The van der Waals surface area contributed by atoms with Crippen molar-refractivity contribution in [3.8, 4) is 0 Å². The Morgan fingerprint density at radius 2 is 1.62 bits per heavy atom. The van der Waals surface area contributed by atoms with E-state index in [2.05, 4.69) is 10.0 Å². The molecular weight excluding hydrogens is 370 g/mol. The second-order valence-corrected chi connectivity index (χ2v) is 6.57. The van der Waals surface area contributed by atoms with Gasteiger partial charge in [0.1, 0.15) is 36.4 Å². The molecule has 0 radical (unpaired) electrons. The van der Waals surface area contributed by atoms with Gasteiger partial charge in [-0.25, -0.2) is 0 Å². The molecule has 0 aromatic rings. The van der Waals surface area contributed by atoms with Crippen LogP contribution in [0.25, 0.3) is 10.4 Å². The summed E-state index contributed by atoms with van der Waals surface area (Å²) in [6, 6.07) is -1.18. The molecule has 12 heteroatoms. The second kappa shape index (κ2) is 10.00. The van der Waals surface area contributed by atoms with Gasteiger partial charge in [-0.05, 0) is 5.53 Å². The first-order valence-corrected chi connectivity index (χ1v) is 8.38. The van der Waals surface area contributed by atoms with Crippen molar-refractivity contribution in [1.82, 2.24) is 0 Å². The molecule has 1 saturated heterocycles. The maximum atomic E-state index is 11.5. The normalized spacial score (nSPS) is 27.6. The van der Waals surface area contributed by atoms with Crippen LogP contribution in [-0.2, 0) is 38.1 Å². The lowest BCUT2D eigenvalue weighted by Gasteiger charge is -2.43. The van der Waals surface area contributed by atoms with Crippen molar-refractivity contribution in [3.05, 3.63) is 10.4 Å². The number of esters is 3. The van der Waals surface area contributed by atoms with Crippen LogP contribution in [0.3, 0.4) is 0 Å². The number of azide groups is 1. The molecule has 0 spiro atoms. The summed E-state index contributed by atoms with van der Waals surface area (Å²) in [5.74, 6) is -2.01. The molecule has 0 aliphatic carbocycles. The first-order chi connectivity index (χ1) is 12.1. The van der Waals surface area contributed by atoms with E-state index in [4.69, 9.17) is 24.5 Å². The van der Waals surface area contributed by atoms with Crippen molar-refractivity contribution in [2.45, 2.75) is 57.5 Å². The summed E-state index contributed by atoms with van der Waals surface area (Å²) >= 11 is 0.711. The molecule has 0 aromatic heterocycles. The van der Waals surface area contributed by atoms with Crippen LogP contribution in [0.2, 0.25) is 0 Å². The zero-order chi connectivity index (χ0) is 19.9. The fourth-order valence-corrected chi connectivity index (χ4v) is 3.21. The highest BCUT2D eigenvalue weighted by Gasteiger charge is 2.50. The first-order valence-electron chi connectivity index (χ1n) is 7.50. The van der Waals surface area contributed by atoms with Gasteiger partial charge >= 0.3 is 17.9 Å².